The number of benzene rings is 1. The standard InChI is InChI=1S/C27H29N5O3/c1-17-16-31(9-10-32(17)24(34)8-11-35-2)27-20(13-28)12-22(26(30-27)18-6-7-18)21-5-3-4-19-14-29-15-23(33)25(19)21/h3-5,12,14-15,17-18,33H,6-11,16H2,1-2H3/t17-/m1/s1. The Bertz CT molecular complexity index is 1310. The second-order valence-corrected chi connectivity index (χ2v) is 9.37. The highest BCUT2D eigenvalue weighted by Gasteiger charge is 2.33. The predicted molar refractivity (Wildman–Crippen MR) is 133 cm³/mol. The van der Waals surface area contributed by atoms with Crippen LogP contribution < -0.4 is 4.90 Å². The van der Waals surface area contributed by atoms with Crippen LogP contribution in [0.25, 0.3) is 21.9 Å². The molecule has 1 saturated carbocycles. The number of fused-ring (bicyclic) bond motifs is 1. The number of methoxy groups -OCH3 is 1. The van der Waals surface area contributed by atoms with E-state index in [9.17, 15) is 15.2 Å². The third-order valence-corrected chi connectivity index (χ3v) is 6.94. The van der Waals surface area contributed by atoms with Gasteiger partial charge in [0.05, 0.1) is 30.5 Å². The Balaban J connectivity index is 1.53. The molecule has 1 saturated heterocycles. The number of carbonyl (C=O) groups is 1. The maximum atomic E-state index is 12.6. The summed E-state index contributed by atoms with van der Waals surface area (Å²) >= 11 is 0. The van der Waals surface area contributed by atoms with Gasteiger partial charge in [-0.1, -0.05) is 18.2 Å². The van der Waals surface area contributed by atoms with Crippen molar-refractivity contribution >= 4 is 22.5 Å². The molecule has 1 aliphatic carbocycles. The molecule has 0 radical (unpaired) electrons. The predicted octanol–water partition coefficient (Wildman–Crippen LogP) is 3.83. The largest absolute Gasteiger partial charge is 0.506 e. The van der Waals surface area contributed by atoms with Crippen molar-refractivity contribution in [3.8, 4) is 22.9 Å². The van der Waals surface area contributed by atoms with Crippen molar-refractivity contribution in [3.63, 3.8) is 0 Å². The van der Waals surface area contributed by atoms with Crippen molar-refractivity contribution in [2.24, 2.45) is 0 Å². The monoisotopic (exact) mass is 471 g/mol. The summed E-state index contributed by atoms with van der Waals surface area (Å²) in [4.78, 5) is 25.8. The number of ether oxygens (including phenoxy) is 1. The number of hydrogen-bond acceptors (Lipinski definition) is 7. The number of anilines is 1. The summed E-state index contributed by atoms with van der Waals surface area (Å²) in [5.41, 5.74) is 3.22. The van der Waals surface area contributed by atoms with Crippen molar-refractivity contribution < 1.29 is 14.6 Å². The van der Waals surface area contributed by atoms with Gasteiger partial charge in [-0.2, -0.15) is 5.26 Å². The van der Waals surface area contributed by atoms with Gasteiger partial charge in [-0.05, 0) is 31.4 Å². The number of nitriles is 1. The fourth-order valence-corrected chi connectivity index (χ4v) is 5.02. The molecule has 2 fully saturated rings. The molecule has 1 amide bonds. The van der Waals surface area contributed by atoms with E-state index in [1.54, 1.807) is 13.3 Å². The summed E-state index contributed by atoms with van der Waals surface area (Å²) in [5.74, 6) is 1.22. The molecule has 3 heterocycles. The maximum Gasteiger partial charge on any atom is 0.225 e. The van der Waals surface area contributed by atoms with Crippen LogP contribution in [0.15, 0.2) is 36.7 Å². The molecule has 8 nitrogen and oxygen atoms in total. The second kappa shape index (κ2) is 9.51. The molecule has 35 heavy (non-hydrogen) atoms. The number of aromatic hydroxyl groups is 1. The van der Waals surface area contributed by atoms with E-state index in [4.69, 9.17) is 9.72 Å². The molecule has 0 spiro atoms. The first kappa shape index (κ1) is 23.1. The average molecular weight is 472 g/mol. The molecule has 3 aromatic rings. The van der Waals surface area contributed by atoms with E-state index in [0.29, 0.717) is 50.0 Å². The number of piperazine rings is 1. The van der Waals surface area contributed by atoms with Crippen molar-refractivity contribution in [2.45, 2.75) is 38.1 Å². The molecule has 1 aromatic carbocycles. The summed E-state index contributed by atoms with van der Waals surface area (Å²) < 4.78 is 5.06. The molecule has 5 rings (SSSR count). The number of nitrogens with zero attached hydrogens (tertiary/aromatic N) is 5. The fourth-order valence-electron chi connectivity index (χ4n) is 5.02. The van der Waals surface area contributed by atoms with Gasteiger partial charge in [0.15, 0.2) is 0 Å². The lowest BCUT2D eigenvalue weighted by Crippen LogP contribution is -2.54. The summed E-state index contributed by atoms with van der Waals surface area (Å²) in [6.07, 6.45) is 5.67. The average Bonchev–Trinajstić information content (AvgIpc) is 3.72. The van der Waals surface area contributed by atoms with E-state index in [-0.39, 0.29) is 17.7 Å². The first-order valence-corrected chi connectivity index (χ1v) is 12.1. The van der Waals surface area contributed by atoms with Crippen LogP contribution >= 0.6 is 0 Å². The molecular weight excluding hydrogens is 442 g/mol. The molecule has 2 aromatic heterocycles. The molecular formula is C27H29N5O3. The topological polar surface area (TPSA) is 103 Å². The molecule has 0 unspecified atom stereocenters. The number of pyridine rings is 2. The van der Waals surface area contributed by atoms with Gasteiger partial charge < -0.3 is 19.6 Å². The second-order valence-electron chi connectivity index (χ2n) is 9.37. The Hall–Kier alpha value is -3.70. The first-order chi connectivity index (χ1) is 17.0. The third kappa shape index (κ3) is 4.40. The van der Waals surface area contributed by atoms with Crippen LogP contribution in [-0.2, 0) is 9.53 Å². The third-order valence-electron chi connectivity index (χ3n) is 6.94. The van der Waals surface area contributed by atoms with E-state index in [1.807, 2.05) is 36.1 Å². The minimum Gasteiger partial charge on any atom is -0.506 e. The lowest BCUT2D eigenvalue weighted by atomic mass is 9.94. The lowest BCUT2D eigenvalue weighted by Gasteiger charge is -2.41. The minimum atomic E-state index is 0.00742. The number of rotatable bonds is 6. The van der Waals surface area contributed by atoms with Gasteiger partial charge in [0.2, 0.25) is 5.91 Å². The summed E-state index contributed by atoms with van der Waals surface area (Å²) in [6.45, 7) is 4.27. The van der Waals surface area contributed by atoms with E-state index in [0.717, 1.165) is 40.4 Å². The molecule has 1 aliphatic heterocycles. The number of carbonyl (C=O) groups excluding carboxylic acids is 1. The highest BCUT2D eigenvalue weighted by molar-refractivity contribution is 6.01. The number of amides is 1. The highest BCUT2D eigenvalue weighted by atomic mass is 16.5. The molecule has 8 heteroatoms. The maximum absolute atomic E-state index is 12.6. The van der Waals surface area contributed by atoms with Crippen LogP contribution in [0.4, 0.5) is 5.82 Å². The van der Waals surface area contributed by atoms with Crippen molar-refractivity contribution in [1.82, 2.24) is 14.9 Å². The van der Waals surface area contributed by atoms with E-state index < -0.39 is 0 Å². The van der Waals surface area contributed by atoms with Crippen LogP contribution in [-0.4, -0.2) is 65.3 Å². The van der Waals surface area contributed by atoms with Crippen molar-refractivity contribution in [1.29, 1.82) is 5.26 Å². The van der Waals surface area contributed by atoms with Gasteiger partial charge in [0.1, 0.15) is 17.6 Å². The zero-order valence-electron chi connectivity index (χ0n) is 20.1. The van der Waals surface area contributed by atoms with E-state index in [2.05, 4.69) is 16.0 Å². The van der Waals surface area contributed by atoms with Gasteiger partial charge in [0.25, 0.3) is 0 Å². The summed E-state index contributed by atoms with van der Waals surface area (Å²) in [5, 5.41) is 22.2. The minimum absolute atomic E-state index is 0.00742. The Morgan fingerprint density at radius 2 is 2.09 bits per heavy atom. The summed E-state index contributed by atoms with van der Waals surface area (Å²) in [6, 6.07) is 10.1. The van der Waals surface area contributed by atoms with Gasteiger partial charge in [-0.3, -0.25) is 9.78 Å². The summed E-state index contributed by atoms with van der Waals surface area (Å²) in [7, 11) is 1.60. The zero-order valence-corrected chi connectivity index (χ0v) is 20.1. The van der Waals surface area contributed by atoms with Crippen LogP contribution in [0.5, 0.6) is 5.75 Å². The zero-order chi connectivity index (χ0) is 24.5. The van der Waals surface area contributed by atoms with Gasteiger partial charge >= 0.3 is 0 Å². The van der Waals surface area contributed by atoms with E-state index in [1.165, 1.54) is 6.20 Å². The van der Waals surface area contributed by atoms with Crippen LogP contribution in [0, 0.1) is 11.3 Å². The van der Waals surface area contributed by atoms with E-state index >= 15 is 0 Å². The SMILES string of the molecule is COCCC(=O)N1CCN(c2nc(C3CC3)c(-c3cccc4cncc(O)c34)cc2C#N)C[C@H]1C. The molecule has 1 N–H and O–H groups in total. The van der Waals surface area contributed by atoms with Crippen LogP contribution in [0.2, 0.25) is 0 Å². The fraction of sp³-hybridized carbons (Fsp3) is 0.407. The van der Waals surface area contributed by atoms with Gasteiger partial charge in [-0.25, -0.2) is 4.98 Å². The molecule has 180 valence electrons. The van der Waals surface area contributed by atoms with Crippen LogP contribution in [0.3, 0.4) is 0 Å². The molecule has 2 aliphatic rings. The first-order valence-electron chi connectivity index (χ1n) is 12.1. The Kier molecular flexibility index (Phi) is 6.27. The number of hydrogen-bond donors (Lipinski definition) is 1. The lowest BCUT2D eigenvalue weighted by molar-refractivity contribution is -0.134. The Labute approximate surface area is 204 Å². The Morgan fingerprint density at radius 3 is 2.80 bits per heavy atom. The Morgan fingerprint density at radius 1 is 1.26 bits per heavy atom. The smallest absolute Gasteiger partial charge is 0.225 e. The quantitative estimate of drug-likeness (QED) is 0.583. The van der Waals surface area contributed by atoms with Gasteiger partial charge in [0, 0.05) is 61.2 Å². The van der Waals surface area contributed by atoms with Gasteiger partial charge in [-0.15, -0.1) is 0 Å². The normalized spacial score (nSPS) is 18.0. The van der Waals surface area contributed by atoms with Crippen LogP contribution in [0.1, 0.15) is 43.4 Å². The van der Waals surface area contributed by atoms with Crippen molar-refractivity contribution in [2.75, 3.05) is 38.3 Å². The van der Waals surface area contributed by atoms with Crippen molar-refractivity contribution in [3.05, 3.63) is 47.9 Å². The molecule has 0 bridgehead atoms. The molecule has 1 atom stereocenters. The number of aromatic nitrogens is 2. The highest BCUT2D eigenvalue weighted by Crippen LogP contribution is 2.47.